The van der Waals surface area contributed by atoms with Gasteiger partial charge in [-0.1, -0.05) is 66.5 Å². The molecule has 2 fully saturated rings. The first-order valence-electron chi connectivity index (χ1n) is 13.8. The van der Waals surface area contributed by atoms with Crippen molar-refractivity contribution in [3.05, 3.63) is 69.8 Å². The molecule has 43 heavy (non-hydrogen) atoms. The Bertz CT molecular complexity index is 1620. The van der Waals surface area contributed by atoms with E-state index in [1.807, 2.05) is 37.3 Å². The van der Waals surface area contributed by atoms with Gasteiger partial charge < -0.3 is 15.3 Å². The summed E-state index contributed by atoms with van der Waals surface area (Å²) in [4.78, 5) is 58.2. The number of carbonyl (C=O) groups excluding carboxylic acids is 3. The minimum Gasteiger partial charge on any atom is -0.481 e. The van der Waals surface area contributed by atoms with E-state index < -0.39 is 29.7 Å². The number of hydrogen-bond donors (Lipinski definition) is 2. The number of aryl methyl sites for hydroxylation is 1. The van der Waals surface area contributed by atoms with E-state index in [-0.39, 0.29) is 17.5 Å². The number of nitrogens with one attached hydrogen (secondary N) is 1. The van der Waals surface area contributed by atoms with Crippen molar-refractivity contribution in [2.24, 2.45) is 11.8 Å². The summed E-state index contributed by atoms with van der Waals surface area (Å²) < 4.78 is 0. The molecule has 2 aromatic carbocycles. The third-order valence-electron chi connectivity index (χ3n) is 7.94. The van der Waals surface area contributed by atoms with Gasteiger partial charge in [-0.3, -0.25) is 29.2 Å². The van der Waals surface area contributed by atoms with E-state index in [0.717, 1.165) is 16.2 Å². The van der Waals surface area contributed by atoms with E-state index in [4.69, 9.17) is 33.3 Å². The van der Waals surface area contributed by atoms with Crippen LogP contribution in [0.25, 0.3) is 22.4 Å². The standard InChI is InChI=1S/C31H31Cl2N5O5/c1-4-23-17(13-38-14-18(15-38)30(41)42)11-12-24(34-23)21-9-5-7-19(26(21)32)20-8-6-10-25(27(20)33)35-28(39)22-16-36(2)31(43)37(3)29(22)40/h5-12,18,22H,4,13-16H2,1-3H3,(H,35,39)(H,41,42). The maximum absolute atomic E-state index is 13.1. The second-order valence-electron chi connectivity index (χ2n) is 10.8. The Morgan fingerprint density at radius 1 is 0.953 bits per heavy atom. The third kappa shape index (κ3) is 5.95. The smallest absolute Gasteiger partial charge is 0.326 e. The van der Waals surface area contributed by atoms with Crippen molar-refractivity contribution in [2.75, 3.05) is 39.0 Å². The van der Waals surface area contributed by atoms with Crippen LogP contribution in [0, 0.1) is 11.8 Å². The Hall–Kier alpha value is -3.99. The Morgan fingerprint density at radius 3 is 2.28 bits per heavy atom. The largest absolute Gasteiger partial charge is 0.481 e. The summed E-state index contributed by atoms with van der Waals surface area (Å²) in [5.74, 6) is -3.30. The minimum absolute atomic E-state index is 0.0363. The van der Waals surface area contributed by atoms with Crippen molar-refractivity contribution in [1.29, 1.82) is 0 Å². The highest BCUT2D eigenvalue weighted by Crippen LogP contribution is 2.41. The van der Waals surface area contributed by atoms with Crippen LogP contribution in [0.2, 0.25) is 10.0 Å². The summed E-state index contributed by atoms with van der Waals surface area (Å²) >= 11 is 13.7. The van der Waals surface area contributed by atoms with Gasteiger partial charge in [0, 0.05) is 62.7 Å². The first-order chi connectivity index (χ1) is 20.5. The van der Waals surface area contributed by atoms with Crippen LogP contribution in [-0.2, 0) is 27.3 Å². The Morgan fingerprint density at radius 2 is 1.60 bits per heavy atom. The molecule has 0 spiro atoms. The van der Waals surface area contributed by atoms with E-state index in [1.165, 1.54) is 19.0 Å². The molecule has 12 heteroatoms. The third-order valence-corrected chi connectivity index (χ3v) is 8.75. The molecule has 10 nitrogen and oxygen atoms in total. The molecular weight excluding hydrogens is 593 g/mol. The molecule has 2 aliphatic rings. The molecule has 4 amide bonds. The lowest BCUT2D eigenvalue weighted by Crippen LogP contribution is -2.56. The molecule has 224 valence electrons. The number of halogens is 2. The topological polar surface area (TPSA) is 123 Å². The van der Waals surface area contributed by atoms with Crippen LogP contribution in [-0.4, -0.2) is 82.3 Å². The van der Waals surface area contributed by atoms with Gasteiger partial charge in [-0.05, 0) is 24.1 Å². The lowest BCUT2D eigenvalue weighted by molar-refractivity contribution is -0.148. The predicted octanol–water partition coefficient (Wildman–Crippen LogP) is 4.88. The second-order valence-corrected chi connectivity index (χ2v) is 11.6. The number of hydrogen-bond acceptors (Lipinski definition) is 6. The van der Waals surface area contributed by atoms with E-state index in [1.54, 1.807) is 18.2 Å². The Balaban J connectivity index is 1.39. The fraction of sp³-hybridized carbons (Fsp3) is 0.323. The first-order valence-corrected chi connectivity index (χ1v) is 14.6. The number of likely N-dealkylation sites (tertiary alicyclic amines) is 1. The highest BCUT2D eigenvalue weighted by atomic mass is 35.5. The average molecular weight is 625 g/mol. The number of nitrogens with zero attached hydrogens (tertiary/aromatic N) is 4. The number of anilines is 1. The van der Waals surface area contributed by atoms with Gasteiger partial charge in [0.1, 0.15) is 5.92 Å². The highest BCUT2D eigenvalue weighted by molar-refractivity contribution is 6.39. The van der Waals surface area contributed by atoms with Gasteiger partial charge in [0.2, 0.25) is 11.8 Å². The highest BCUT2D eigenvalue weighted by Gasteiger charge is 2.39. The zero-order valence-corrected chi connectivity index (χ0v) is 25.4. The van der Waals surface area contributed by atoms with Gasteiger partial charge in [-0.2, -0.15) is 0 Å². The van der Waals surface area contributed by atoms with E-state index in [9.17, 15) is 19.2 Å². The van der Waals surface area contributed by atoms with Gasteiger partial charge in [-0.15, -0.1) is 0 Å². The van der Waals surface area contributed by atoms with Crippen LogP contribution in [0.4, 0.5) is 10.5 Å². The van der Waals surface area contributed by atoms with Crippen LogP contribution >= 0.6 is 23.2 Å². The van der Waals surface area contributed by atoms with Crippen molar-refractivity contribution in [3.8, 4) is 22.4 Å². The minimum atomic E-state index is -1.07. The first kappa shape index (κ1) is 30.5. The zero-order chi connectivity index (χ0) is 31.0. The normalized spacial score (nSPS) is 17.7. The van der Waals surface area contributed by atoms with Gasteiger partial charge >= 0.3 is 12.0 Å². The van der Waals surface area contributed by atoms with Crippen LogP contribution in [0.5, 0.6) is 0 Å². The monoisotopic (exact) mass is 623 g/mol. The molecule has 1 aromatic heterocycles. The summed E-state index contributed by atoms with van der Waals surface area (Å²) in [7, 11) is 2.88. The zero-order valence-electron chi connectivity index (χ0n) is 23.9. The van der Waals surface area contributed by atoms with Crippen LogP contribution in [0.3, 0.4) is 0 Å². The van der Waals surface area contributed by atoms with Gasteiger partial charge in [-0.25, -0.2) is 4.79 Å². The van der Waals surface area contributed by atoms with Crippen molar-refractivity contribution >= 4 is 52.7 Å². The number of aliphatic carboxylic acids is 1. The molecular formula is C31H31Cl2N5O5. The maximum Gasteiger partial charge on any atom is 0.326 e. The van der Waals surface area contributed by atoms with E-state index in [0.29, 0.717) is 59.1 Å². The molecule has 0 aliphatic carbocycles. The summed E-state index contributed by atoms with van der Waals surface area (Å²) in [5, 5.41) is 12.6. The van der Waals surface area contributed by atoms with Crippen LogP contribution in [0.1, 0.15) is 18.2 Å². The van der Waals surface area contributed by atoms with E-state index >= 15 is 0 Å². The summed E-state index contributed by atoms with van der Waals surface area (Å²) in [6, 6.07) is 14.2. The molecule has 0 saturated carbocycles. The molecule has 3 aromatic rings. The number of carboxylic acids is 1. The number of aromatic nitrogens is 1. The van der Waals surface area contributed by atoms with Gasteiger partial charge in [0.25, 0.3) is 0 Å². The average Bonchev–Trinajstić information content (AvgIpc) is 2.96. The summed E-state index contributed by atoms with van der Waals surface area (Å²) in [6.07, 6.45) is 0.702. The Labute approximate surface area is 259 Å². The molecule has 2 aliphatic heterocycles. The molecule has 0 bridgehead atoms. The molecule has 1 unspecified atom stereocenters. The number of imide groups is 1. The second kappa shape index (κ2) is 12.3. The number of carboxylic acid groups (broad SMARTS) is 1. The van der Waals surface area contributed by atoms with E-state index in [2.05, 4.69) is 10.2 Å². The van der Waals surface area contributed by atoms with Crippen molar-refractivity contribution in [3.63, 3.8) is 0 Å². The SMILES string of the molecule is CCc1nc(-c2cccc(-c3cccc(NC(=O)C4CN(C)C(=O)N(C)C4=O)c3Cl)c2Cl)ccc1CN1CC(C(=O)O)C1. The number of urea groups is 1. The summed E-state index contributed by atoms with van der Waals surface area (Å²) in [5.41, 5.74) is 4.91. The number of amides is 4. The van der Waals surface area contributed by atoms with Crippen molar-refractivity contribution < 1.29 is 24.3 Å². The predicted molar refractivity (Wildman–Crippen MR) is 164 cm³/mol. The van der Waals surface area contributed by atoms with Crippen LogP contribution in [0.15, 0.2) is 48.5 Å². The van der Waals surface area contributed by atoms with Gasteiger partial charge in [0.05, 0.1) is 27.3 Å². The lowest BCUT2D eigenvalue weighted by Gasteiger charge is -2.36. The number of rotatable bonds is 8. The quantitative estimate of drug-likeness (QED) is 0.343. The Kier molecular flexibility index (Phi) is 8.73. The summed E-state index contributed by atoms with van der Waals surface area (Å²) in [6.45, 7) is 3.68. The number of carbonyl (C=O) groups is 4. The van der Waals surface area contributed by atoms with Gasteiger partial charge in [0.15, 0.2) is 0 Å². The van der Waals surface area contributed by atoms with Crippen molar-refractivity contribution in [2.45, 2.75) is 19.9 Å². The molecule has 2 saturated heterocycles. The molecule has 2 N–H and O–H groups in total. The molecule has 1 atom stereocenters. The van der Waals surface area contributed by atoms with Crippen molar-refractivity contribution in [1.82, 2.24) is 19.7 Å². The fourth-order valence-corrected chi connectivity index (χ4v) is 6.03. The maximum atomic E-state index is 13.1. The molecule has 3 heterocycles. The molecule has 5 rings (SSSR count). The number of pyridine rings is 1. The lowest BCUT2D eigenvalue weighted by atomic mass is 9.98. The van der Waals surface area contributed by atoms with Crippen LogP contribution < -0.4 is 5.32 Å². The molecule has 0 radical (unpaired) electrons. The number of benzene rings is 2. The fourth-order valence-electron chi connectivity index (χ4n) is 5.43.